The molecule has 5 nitrogen and oxygen atoms in total. The molecule has 7 heteroatoms. The second kappa shape index (κ2) is 8.58. The highest BCUT2D eigenvalue weighted by Gasteiger charge is 2.15. The van der Waals surface area contributed by atoms with Crippen LogP contribution in [0.1, 0.15) is 16.1 Å². The number of fused-ring (bicyclic) bond motifs is 1. The lowest BCUT2D eigenvalue weighted by molar-refractivity contribution is 0.0960. The average Bonchev–Trinajstić information content (AvgIpc) is 3.17. The SMILES string of the molecule is Cl.O=C(NCC1=CCNCC1)c1ccc(-c2ccc3c(c2)OCCO3)s1. The van der Waals surface area contributed by atoms with E-state index in [-0.39, 0.29) is 18.3 Å². The molecule has 2 aromatic rings. The summed E-state index contributed by atoms with van der Waals surface area (Å²) in [5.74, 6) is 1.52. The fourth-order valence-electron chi connectivity index (χ4n) is 2.92. The first-order chi connectivity index (χ1) is 12.3. The van der Waals surface area contributed by atoms with E-state index in [1.54, 1.807) is 0 Å². The van der Waals surface area contributed by atoms with Crippen molar-refractivity contribution in [1.82, 2.24) is 10.6 Å². The molecule has 0 fully saturated rings. The average molecular weight is 393 g/mol. The Morgan fingerprint density at radius 2 is 2.00 bits per heavy atom. The molecular formula is C19H21ClN2O3S. The molecule has 0 saturated heterocycles. The summed E-state index contributed by atoms with van der Waals surface area (Å²) in [5, 5.41) is 6.29. The number of amides is 1. The van der Waals surface area contributed by atoms with Crippen LogP contribution in [-0.2, 0) is 0 Å². The van der Waals surface area contributed by atoms with Gasteiger partial charge in [0.2, 0.25) is 0 Å². The molecule has 2 aliphatic heterocycles. The third kappa shape index (κ3) is 4.20. The van der Waals surface area contributed by atoms with Crippen LogP contribution in [0.2, 0.25) is 0 Å². The third-order valence-corrected chi connectivity index (χ3v) is 5.42. The molecule has 1 aromatic heterocycles. The van der Waals surface area contributed by atoms with Crippen LogP contribution >= 0.6 is 23.7 Å². The molecule has 0 spiro atoms. The Bertz CT molecular complexity index is 819. The van der Waals surface area contributed by atoms with Crippen LogP contribution in [0.25, 0.3) is 10.4 Å². The van der Waals surface area contributed by atoms with Crippen molar-refractivity contribution in [2.75, 3.05) is 32.8 Å². The van der Waals surface area contributed by atoms with E-state index < -0.39 is 0 Å². The van der Waals surface area contributed by atoms with Crippen molar-refractivity contribution >= 4 is 29.7 Å². The van der Waals surface area contributed by atoms with E-state index in [1.165, 1.54) is 16.9 Å². The van der Waals surface area contributed by atoms with Crippen molar-refractivity contribution in [2.24, 2.45) is 0 Å². The van der Waals surface area contributed by atoms with Gasteiger partial charge in [-0.3, -0.25) is 4.79 Å². The molecule has 0 atom stereocenters. The second-order valence-corrected chi connectivity index (χ2v) is 7.11. The van der Waals surface area contributed by atoms with Gasteiger partial charge in [0, 0.05) is 18.0 Å². The van der Waals surface area contributed by atoms with Crippen LogP contribution < -0.4 is 20.1 Å². The standard InChI is InChI=1S/C19H20N2O3S.ClH/c22-19(21-12-13-5-7-20-8-6-13)18-4-3-17(25-18)14-1-2-15-16(11-14)24-10-9-23-15;/h1-5,11,20H,6-10,12H2,(H,21,22);1H. The molecule has 2 aliphatic rings. The van der Waals surface area contributed by atoms with Gasteiger partial charge in [0.15, 0.2) is 11.5 Å². The molecule has 1 aromatic carbocycles. The number of carbonyl (C=O) groups excluding carboxylic acids is 1. The normalized spacial score (nSPS) is 15.6. The minimum atomic E-state index is -0.0202. The molecule has 4 rings (SSSR count). The number of nitrogens with one attached hydrogen (secondary N) is 2. The van der Waals surface area contributed by atoms with Crippen LogP contribution in [0.4, 0.5) is 0 Å². The minimum absolute atomic E-state index is 0. The van der Waals surface area contributed by atoms with Crippen LogP contribution in [0, 0.1) is 0 Å². The predicted octanol–water partition coefficient (Wildman–Crippen LogP) is 3.26. The molecule has 0 saturated carbocycles. The molecular weight excluding hydrogens is 372 g/mol. The van der Waals surface area contributed by atoms with Crippen LogP contribution in [0.3, 0.4) is 0 Å². The number of hydrogen-bond acceptors (Lipinski definition) is 5. The highest BCUT2D eigenvalue weighted by Crippen LogP contribution is 2.36. The Morgan fingerprint density at radius 3 is 2.81 bits per heavy atom. The van der Waals surface area contributed by atoms with E-state index in [9.17, 15) is 4.79 Å². The number of carbonyl (C=O) groups is 1. The first kappa shape index (κ1) is 18.8. The second-order valence-electron chi connectivity index (χ2n) is 6.02. The van der Waals surface area contributed by atoms with E-state index >= 15 is 0 Å². The van der Waals surface area contributed by atoms with Crippen molar-refractivity contribution in [1.29, 1.82) is 0 Å². The molecule has 1 amide bonds. The number of hydrogen-bond donors (Lipinski definition) is 2. The summed E-state index contributed by atoms with van der Waals surface area (Å²) in [4.78, 5) is 14.1. The minimum Gasteiger partial charge on any atom is -0.486 e. The summed E-state index contributed by atoms with van der Waals surface area (Å²) >= 11 is 1.49. The molecule has 3 heterocycles. The maximum atomic E-state index is 12.4. The monoisotopic (exact) mass is 392 g/mol. The Kier molecular flexibility index (Phi) is 6.19. The van der Waals surface area contributed by atoms with E-state index in [0.29, 0.717) is 19.8 Å². The summed E-state index contributed by atoms with van der Waals surface area (Å²) in [5.41, 5.74) is 2.32. The molecule has 0 radical (unpaired) electrons. The summed E-state index contributed by atoms with van der Waals surface area (Å²) < 4.78 is 11.2. The summed E-state index contributed by atoms with van der Waals surface area (Å²) in [7, 11) is 0. The molecule has 26 heavy (non-hydrogen) atoms. The van der Waals surface area contributed by atoms with Gasteiger partial charge in [0.05, 0.1) is 4.88 Å². The van der Waals surface area contributed by atoms with Gasteiger partial charge in [-0.2, -0.15) is 0 Å². The van der Waals surface area contributed by atoms with Gasteiger partial charge in [-0.25, -0.2) is 0 Å². The van der Waals surface area contributed by atoms with Crippen molar-refractivity contribution in [3.63, 3.8) is 0 Å². The van der Waals surface area contributed by atoms with Crippen molar-refractivity contribution in [3.05, 3.63) is 46.9 Å². The Hall–Kier alpha value is -2.02. The highest BCUT2D eigenvalue weighted by atomic mass is 35.5. The molecule has 0 unspecified atom stereocenters. The highest BCUT2D eigenvalue weighted by molar-refractivity contribution is 7.17. The fraction of sp³-hybridized carbons (Fsp3) is 0.316. The zero-order chi connectivity index (χ0) is 17.1. The molecule has 0 aliphatic carbocycles. The van der Waals surface area contributed by atoms with Gasteiger partial charge in [0.1, 0.15) is 13.2 Å². The number of halogens is 1. The lowest BCUT2D eigenvalue weighted by Crippen LogP contribution is -2.29. The Morgan fingerprint density at radius 1 is 1.15 bits per heavy atom. The summed E-state index contributed by atoms with van der Waals surface area (Å²) in [6, 6.07) is 9.76. The molecule has 0 bridgehead atoms. The van der Waals surface area contributed by atoms with Crippen molar-refractivity contribution in [2.45, 2.75) is 6.42 Å². The number of ether oxygens (including phenoxy) is 2. The zero-order valence-corrected chi connectivity index (χ0v) is 15.9. The first-order valence-electron chi connectivity index (χ1n) is 8.46. The van der Waals surface area contributed by atoms with Crippen molar-refractivity contribution in [3.8, 4) is 21.9 Å². The molecule has 2 N–H and O–H groups in total. The Balaban J connectivity index is 0.00000196. The topological polar surface area (TPSA) is 59.6 Å². The number of thiophene rings is 1. The van der Waals surface area contributed by atoms with E-state index in [2.05, 4.69) is 16.7 Å². The van der Waals surface area contributed by atoms with Crippen LogP contribution in [0.5, 0.6) is 11.5 Å². The zero-order valence-electron chi connectivity index (χ0n) is 14.2. The van der Waals surface area contributed by atoms with E-state index in [1.807, 2.05) is 30.3 Å². The maximum Gasteiger partial charge on any atom is 0.261 e. The van der Waals surface area contributed by atoms with Crippen molar-refractivity contribution < 1.29 is 14.3 Å². The van der Waals surface area contributed by atoms with E-state index in [0.717, 1.165) is 46.3 Å². The van der Waals surface area contributed by atoms with Gasteiger partial charge in [-0.1, -0.05) is 11.6 Å². The van der Waals surface area contributed by atoms with Gasteiger partial charge in [0.25, 0.3) is 5.91 Å². The smallest absolute Gasteiger partial charge is 0.261 e. The largest absolute Gasteiger partial charge is 0.486 e. The third-order valence-electron chi connectivity index (χ3n) is 4.29. The Labute approximate surface area is 162 Å². The van der Waals surface area contributed by atoms with Gasteiger partial charge >= 0.3 is 0 Å². The van der Waals surface area contributed by atoms with E-state index in [4.69, 9.17) is 9.47 Å². The maximum absolute atomic E-state index is 12.4. The van der Waals surface area contributed by atoms with Crippen LogP contribution in [0.15, 0.2) is 42.0 Å². The van der Waals surface area contributed by atoms with Gasteiger partial charge < -0.3 is 20.1 Å². The quantitative estimate of drug-likeness (QED) is 0.784. The van der Waals surface area contributed by atoms with Gasteiger partial charge in [-0.15, -0.1) is 23.7 Å². The number of benzene rings is 1. The van der Waals surface area contributed by atoms with Gasteiger partial charge in [-0.05, 0) is 48.9 Å². The summed E-state index contributed by atoms with van der Waals surface area (Å²) in [6.45, 7) is 3.65. The lowest BCUT2D eigenvalue weighted by atomic mass is 10.1. The molecule has 138 valence electrons. The van der Waals surface area contributed by atoms with Crippen LogP contribution in [-0.4, -0.2) is 38.8 Å². The lowest BCUT2D eigenvalue weighted by Gasteiger charge is -2.18. The number of rotatable bonds is 4. The predicted molar refractivity (Wildman–Crippen MR) is 106 cm³/mol. The summed E-state index contributed by atoms with van der Waals surface area (Å²) in [6.07, 6.45) is 3.14. The first-order valence-corrected chi connectivity index (χ1v) is 9.28. The fourth-order valence-corrected chi connectivity index (χ4v) is 3.84.